The monoisotopic (exact) mass is 311 g/mol. The van der Waals surface area contributed by atoms with Crippen LogP contribution in [0.3, 0.4) is 0 Å². The Morgan fingerprint density at radius 3 is 2.74 bits per heavy atom. The number of para-hydroxylation sites is 1. The third-order valence-electron chi connectivity index (χ3n) is 4.65. The number of aromatic nitrogens is 2. The van der Waals surface area contributed by atoms with Crippen molar-refractivity contribution < 1.29 is 0 Å². The Bertz CT molecular complexity index is 751. The van der Waals surface area contributed by atoms with E-state index >= 15 is 0 Å². The SMILES string of the molecule is CC(C)=CCN1CCC(Cn2cnc3ccccc3c2=O)CC1. The second-order valence-corrected chi connectivity index (χ2v) is 6.74. The zero-order valence-electron chi connectivity index (χ0n) is 14.0. The Hall–Kier alpha value is -1.94. The van der Waals surface area contributed by atoms with E-state index in [0.29, 0.717) is 5.92 Å². The molecular weight excluding hydrogens is 286 g/mol. The molecule has 0 N–H and O–H groups in total. The zero-order chi connectivity index (χ0) is 16.2. The average molecular weight is 311 g/mol. The minimum Gasteiger partial charge on any atom is -0.300 e. The van der Waals surface area contributed by atoms with Crippen LogP contribution in [0.25, 0.3) is 10.9 Å². The Morgan fingerprint density at radius 1 is 1.26 bits per heavy atom. The highest BCUT2D eigenvalue weighted by molar-refractivity contribution is 5.76. The summed E-state index contributed by atoms with van der Waals surface area (Å²) < 4.78 is 1.79. The maximum atomic E-state index is 12.5. The maximum absolute atomic E-state index is 12.5. The van der Waals surface area contributed by atoms with Crippen molar-refractivity contribution in [1.82, 2.24) is 14.5 Å². The van der Waals surface area contributed by atoms with E-state index in [1.54, 1.807) is 10.9 Å². The Balaban J connectivity index is 1.64. The lowest BCUT2D eigenvalue weighted by Crippen LogP contribution is -2.36. The van der Waals surface area contributed by atoms with Crippen molar-refractivity contribution in [2.24, 2.45) is 5.92 Å². The first-order chi connectivity index (χ1) is 11.1. The smallest absolute Gasteiger partial charge is 0.261 e. The number of likely N-dealkylation sites (tertiary alicyclic amines) is 1. The van der Waals surface area contributed by atoms with Crippen molar-refractivity contribution in [2.75, 3.05) is 19.6 Å². The molecule has 4 heteroatoms. The molecule has 0 amide bonds. The van der Waals surface area contributed by atoms with Gasteiger partial charge in [0.2, 0.25) is 0 Å². The highest BCUT2D eigenvalue weighted by atomic mass is 16.1. The van der Waals surface area contributed by atoms with Gasteiger partial charge in [-0.05, 0) is 57.8 Å². The van der Waals surface area contributed by atoms with Gasteiger partial charge in [0, 0.05) is 13.1 Å². The number of hydrogen-bond acceptors (Lipinski definition) is 3. The lowest BCUT2D eigenvalue weighted by atomic mass is 9.96. The molecule has 0 unspecified atom stereocenters. The number of piperidine rings is 1. The summed E-state index contributed by atoms with van der Waals surface area (Å²) in [5.74, 6) is 0.568. The van der Waals surface area contributed by atoms with Crippen molar-refractivity contribution in [1.29, 1.82) is 0 Å². The minimum absolute atomic E-state index is 0.0857. The molecule has 1 saturated heterocycles. The molecule has 1 aromatic heterocycles. The first-order valence-electron chi connectivity index (χ1n) is 8.43. The Kier molecular flexibility index (Phi) is 4.91. The van der Waals surface area contributed by atoms with Crippen molar-refractivity contribution in [3.63, 3.8) is 0 Å². The van der Waals surface area contributed by atoms with Gasteiger partial charge in [0.25, 0.3) is 5.56 Å². The van der Waals surface area contributed by atoms with Gasteiger partial charge in [-0.1, -0.05) is 23.8 Å². The van der Waals surface area contributed by atoms with Gasteiger partial charge in [0.05, 0.1) is 17.2 Å². The third kappa shape index (κ3) is 3.88. The molecule has 2 aromatic rings. The molecule has 23 heavy (non-hydrogen) atoms. The fourth-order valence-corrected chi connectivity index (χ4v) is 3.18. The summed E-state index contributed by atoms with van der Waals surface area (Å²) in [4.78, 5) is 19.5. The molecule has 1 fully saturated rings. The third-order valence-corrected chi connectivity index (χ3v) is 4.65. The molecule has 2 heterocycles. The van der Waals surface area contributed by atoms with E-state index in [4.69, 9.17) is 0 Å². The molecule has 1 aliphatic rings. The van der Waals surface area contributed by atoms with Crippen molar-refractivity contribution >= 4 is 10.9 Å². The molecule has 0 aliphatic carbocycles. The molecule has 122 valence electrons. The Labute approximate surface area is 137 Å². The topological polar surface area (TPSA) is 38.1 Å². The molecule has 0 spiro atoms. The molecular formula is C19H25N3O. The molecule has 3 rings (SSSR count). The fraction of sp³-hybridized carbons (Fsp3) is 0.474. The minimum atomic E-state index is 0.0857. The van der Waals surface area contributed by atoms with Crippen LogP contribution in [-0.4, -0.2) is 34.1 Å². The first-order valence-corrected chi connectivity index (χ1v) is 8.43. The van der Waals surface area contributed by atoms with Crippen LogP contribution in [0.5, 0.6) is 0 Å². The van der Waals surface area contributed by atoms with Gasteiger partial charge < -0.3 is 0 Å². The van der Waals surface area contributed by atoms with Crippen LogP contribution >= 0.6 is 0 Å². The Morgan fingerprint density at radius 2 is 2.00 bits per heavy atom. The number of benzene rings is 1. The predicted octanol–water partition coefficient (Wildman–Crippen LogP) is 3.07. The summed E-state index contributed by atoms with van der Waals surface area (Å²) in [5.41, 5.74) is 2.24. The summed E-state index contributed by atoms with van der Waals surface area (Å²) in [5, 5.41) is 0.719. The summed E-state index contributed by atoms with van der Waals surface area (Å²) in [6.45, 7) is 8.35. The summed E-state index contributed by atoms with van der Waals surface area (Å²) in [6, 6.07) is 7.57. The van der Waals surface area contributed by atoms with Gasteiger partial charge in [-0.2, -0.15) is 0 Å². The van der Waals surface area contributed by atoms with Crippen LogP contribution in [0.2, 0.25) is 0 Å². The fourth-order valence-electron chi connectivity index (χ4n) is 3.18. The average Bonchev–Trinajstić information content (AvgIpc) is 2.57. The van der Waals surface area contributed by atoms with Gasteiger partial charge >= 0.3 is 0 Å². The quantitative estimate of drug-likeness (QED) is 0.815. The van der Waals surface area contributed by atoms with Crippen LogP contribution in [0.1, 0.15) is 26.7 Å². The number of rotatable bonds is 4. The second-order valence-electron chi connectivity index (χ2n) is 6.74. The normalized spacial score (nSPS) is 16.6. The van der Waals surface area contributed by atoms with Crippen molar-refractivity contribution in [3.8, 4) is 0 Å². The molecule has 0 radical (unpaired) electrons. The van der Waals surface area contributed by atoms with Crippen molar-refractivity contribution in [2.45, 2.75) is 33.2 Å². The van der Waals surface area contributed by atoms with E-state index in [0.717, 1.165) is 49.9 Å². The highest BCUT2D eigenvalue weighted by Crippen LogP contribution is 2.19. The van der Waals surface area contributed by atoms with E-state index < -0.39 is 0 Å². The number of hydrogen-bond donors (Lipinski definition) is 0. The number of allylic oxidation sites excluding steroid dienone is 1. The molecule has 0 saturated carbocycles. The van der Waals surface area contributed by atoms with Crippen LogP contribution in [0.4, 0.5) is 0 Å². The second kappa shape index (κ2) is 7.09. The van der Waals surface area contributed by atoms with E-state index in [1.807, 2.05) is 24.3 Å². The molecule has 0 atom stereocenters. The predicted molar refractivity (Wildman–Crippen MR) is 94.6 cm³/mol. The number of fused-ring (bicyclic) bond motifs is 1. The van der Waals surface area contributed by atoms with Crippen LogP contribution < -0.4 is 5.56 Å². The summed E-state index contributed by atoms with van der Waals surface area (Å²) in [6.07, 6.45) is 6.30. The molecule has 0 bridgehead atoms. The largest absolute Gasteiger partial charge is 0.300 e. The van der Waals surface area contributed by atoms with Gasteiger partial charge in [-0.25, -0.2) is 4.98 Å². The van der Waals surface area contributed by atoms with Crippen LogP contribution in [0, 0.1) is 5.92 Å². The lowest BCUT2D eigenvalue weighted by Gasteiger charge is -2.31. The van der Waals surface area contributed by atoms with E-state index in [9.17, 15) is 4.79 Å². The number of nitrogens with zero attached hydrogens (tertiary/aromatic N) is 3. The lowest BCUT2D eigenvalue weighted by molar-refractivity contribution is 0.187. The van der Waals surface area contributed by atoms with Crippen LogP contribution in [-0.2, 0) is 6.54 Å². The van der Waals surface area contributed by atoms with E-state index in [1.165, 1.54) is 5.57 Å². The van der Waals surface area contributed by atoms with Crippen LogP contribution in [0.15, 0.2) is 47.0 Å². The molecule has 1 aromatic carbocycles. The molecule has 1 aliphatic heterocycles. The van der Waals surface area contributed by atoms with Gasteiger partial charge in [-0.15, -0.1) is 0 Å². The van der Waals surface area contributed by atoms with Gasteiger partial charge in [0.15, 0.2) is 0 Å². The zero-order valence-corrected chi connectivity index (χ0v) is 14.0. The summed E-state index contributed by atoms with van der Waals surface area (Å²) in [7, 11) is 0. The first kappa shape index (κ1) is 15.9. The maximum Gasteiger partial charge on any atom is 0.261 e. The summed E-state index contributed by atoms with van der Waals surface area (Å²) >= 11 is 0. The van der Waals surface area contributed by atoms with Gasteiger partial charge in [0.1, 0.15) is 0 Å². The molecule has 4 nitrogen and oxygen atoms in total. The van der Waals surface area contributed by atoms with E-state index in [2.05, 4.69) is 29.8 Å². The highest BCUT2D eigenvalue weighted by Gasteiger charge is 2.19. The van der Waals surface area contributed by atoms with E-state index in [-0.39, 0.29) is 5.56 Å². The van der Waals surface area contributed by atoms with Gasteiger partial charge in [-0.3, -0.25) is 14.3 Å². The standard InChI is InChI=1S/C19H25N3O/c1-15(2)7-10-21-11-8-16(9-12-21)13-22-14-20-18-6-4-3-5-17(18)19(22)23/h3-7,14,16H,8-13H2,1-2H3. The van der Waals surface area contributed by atoms with Crippen molar-refractivity contribution in [3.05, 3.63) is 52.6 Å².